The van der Waals surface area contributed by atoms with E-state index in [0.29, 0.717) is 24.3 Å². The highest BCUT2D eigenvalue weighted by atomic mass is 16.5. The first-order valence-electron chi connectivity index (χ1n) is 8.57. The van der Waals surface area contributed by atoms with E-state index < -0.39 is 17.4 Å². The van der Waals surface area contributed by atoms with E-state index >= 15 is 0 Å². The molecule has 1 aromatic rings. The molecule has 7 nitrogen and oxygen atoms in total. The summed E-state index contributed by atoms with van der Waals surface area (Å²) in [6, 6.07) is 6.81. The third-order valence-corrected chi connectivity index (χ3v) is 4.66. The molecular weight excluding hydrogens is 324 g/mol. The number of benzene rings is 1. The SMILES string of the molecule is O=C(COc1cccc(NC(=O)C2CC2)c1)NC1(C(=O)O)CCCC1. The average molecular weight is 346 g/mol. The lowest BCUT2D eigenvalue weighted by Crippen LogP contribution is -2.53. The Morgan fingerprint density at radius 1 is 1.20 bits per heavy atom. The fraction of sp³-hybridized carbons (Fsp3) is 0.500. The summed E-state index contributed by atoms with van der Waals surface area (Å²) in [5.41, 5.74) is -0.548. The summed E-state index contributed by atoms with van der Waals surface area (Å²) in [5, 5.41) is 14.8. The first-order chi connectivity index (χ1) is 12.0. The molecule has 0 heterocycles. The smallest absolute Gasteiger partial charge is 0.329 e. The minimum atomic E-state index is -1.17. The number of carboxylic acid groups (broad SMARTS) is 1. The van der Waals surface area contributed by atoms with Crippen LogP contribution in [0.15, 0.2) is 24.3 Å². The molecule has 25 heavy (non-hydrogen) atoms. The molecule has 0 radical (unpaired) electrons. The van der Waals surface area contributed by atoms with E-state index in [0.717, 1.165) is 25.7 Å². The first-order valence-corrected chi connectivity index (χ1v) is 8.57. The zero-order valence-corrected chi connectivity index (χ0v) is 13.9. The van der Waals surface area contributed by atoms with Gasteiger partial charge >= 0.3 is 5.97 Å². The van der Waals surface area contributed by atoms with Gasteiger partial charge in [-0.2, -0.15) is 0 Å². The molecule has 0 bridgehead atoms. The molecule has 1 aromatic carbocycles. The van der Waals surface area contributed by atoms with Crippen LogP contribution in [-0.2, 0) is 14.4 Å². The van der Waals surface area contributed by atoms with Crippen molar-refractivity contribution in [1.82, 2.24) is 5.32 Å². The van der Waals surface area contributed by atoms with Crippen molar-refractivity contribution in [3.05, 3.63) is 24.3 Å². The minimum absolute atomic E-state index is 0.000438. The number of hydrogen-bond donors (Lipinski definition) is 3. The van der Waals surface area contributed by atoms with Gasteiger partial charge in [-0.25, -0.2) is 4.79 Å². The normalized spacial score (nSPS) is 18.4. The number of aliphatic carboxylic acids is 1. The molecule has 3 rings (SSSR count). The predicted molar refractivity (Wildman–Crippen MR) is 90.3 cm³/mol. The highest BCUT2D eigenvalue weighted by Gasteiger charge is 2.42. The minimum Gasteiger partial charge on any atom is -0.484 e. The first kappa shape index (κ1) is 17.3. The molecule has 7 heteroatoms. The van der Waals surface area contributed by atoms with Gasteiger partial charge in [0.1, 0.15) is 11.3 Å². The standard InChI is InChI=1S/C18H22N2O5/c21-15(20-18(17(23)24)8-1-2-9-18)11-25-14-5-3-4-13(10-14)19-16(22)12-6-7-12/h3-5,10,12H,1-2,6-9,11H2,(H,19,22)(H,20,21)(H,23,24). The van der Waals surface area contributed by atoms with Crippen molar-refractivity contribution < 1.29 is 24.2 Å². The number of carbonyl (C=O) groups excluding carboxylic acids is 2. The van der Waals surface area contributed by atoms with Gasteiger partial charge in [0, 0.05) is 17.7 Å². The van der Waals surface area contributed by atoms with E-state index in [1.54, 1.807) is 24.3 Å². The van der Waals surface area contributed by atoms with Crippen molar-refractivity contribution >= 4 is 23.5 Å². The summed E-state index contributed by atoms with van der Waals surface area (Å²) in [6.45, 7) is -0.269. The van der Waals surface area contributed by atoms with Gasteiger partial charge in [0.05, 0.1) is 0 Å². The monoisotopic (exact) mass is 346 g/mol. The average Bonchev–Trinajstić information content (AvgIpc) is 3.33. The van der Waals surface area contributed by atoms with Crippen LogP contribution in [0, 0.1) is 5.92 Å². The van der Waals surface area contributed by atoms with Gasteiger partial charge in [0.15, 0.2) is 6.61 Å². The molecule has 0 aromatic heterocycles. The number of carboxylic acids is 1. The summed E-state index contributed by atoms with van der Waals surface area (Å²) >= 11 is 0. The summed E-state index contributed by atoms with van der Waals surface area (Å²) in [4.78, 5) is 35.3. The lowest BCUT2D eigenvalue weighted by atomic mass is 9.98. The van der Waals surface area contributed by atoms with Crippen LogP contribution < -0.4 is 15.4 Å². The van der Waals surface area contributed by atoms with E-state index in [1.165, 1.54) is 0 Å². The van der Waals surface area contributed by atoms with Crippen LogP contribution in [-0.4, -0.2) is 35.0 Å². The molecule has 2 saturated carbocycles. The van der Waals surface area contributed by atoms with E-state index in [-0.39, 0.29) is 18.4 Å². The second-order valence-corrected chi connectivity index (χ2v) is 6.72. The lowest BCUT2D eigenvalue weighted by Gasteiger charge is -2.25. The Balaban J connectivity index is 1.53. The molecule has 2 amide bonds. The molecule has 2 aliphatic rings. The van der Waals surface area contributed by atoms with E-state index in [1.807, 2.05) is 0 Å². The molecule has 0 unspecified atom stereocenters. The van der Waals surface area contributed by atoms with Crippen LogP contribution in [0.2, 0.25) is 0 Å². The highest BCUT2D eigenvalue weighted by Crippen LogP contribution is 2.31. The number of carbonyl (C=O) groups is 3. The van der Waals surface area contributed by atoms with Gasteiger partial charge in [-0.3, -0.25) is 9.59 Å². The summed E-state index contributed by atoms with van der Waals surface area (Å²) in [7, 11) is 0. The van der Waals surface area contributed by atoms with Crippen LogP contribution in [0.5, 0.6) is 5.75 Å². The molecule has 0 atom stereocenters. The van der Waals surface area contributed by atoms with Crippen LogP contribution in [0.4, 0.5) is 5.69 Å². The number of rotatable bonds is 7. The largest absolute Gasteiger partial charge is 0.484 e. The maximum Gasteiger partial charge on any atom is 0.329 e. The molecule has 134 valence electrons. The summed E-state index contributed by atoms with van der Waals surface area (Å²) in [6.07, 6.45) is 4.31. The van der Waals surface area contributed by atoms with Crippen molar-refractivity contribution in [3.8, 4) is 5.75 Å². The van der Waals surface area contributed by atoms with Gasteiger partial charge < -0.3 is 20.5 Å². The van der Waals surface area contributed by atoms with Crippen LogP contribution in [0.3, 0.4) is 0 Å². The second kappa shape index (κ2) is 7.13. The topological polar surface area (TPSA) is 105 Å². The zero-order valence-electron chi connectivity index (χ0n) is 13.9. The number of anilines is 1. The maximum atomic E-state index is 12.1. The third kappa shape index (κ3) is 4.29. The Kier molecular flexibility index (Phi) is 4.92. The molecule has 2 aliphatic carbocycles. The number of nitrogens with one attached hydrogen (secondary N) is 2. The summed E-state index contributed by atoms with van der Waals surface area (Å²) in [5.74, 6) is -0.909. The Morgan fingerprint density at radius 2 is 1.92 bits per heavy atom. The zero-order chi connectivity index (χ0) is 17.9. The van der Waals surface area contributed by atoms with Crippen molar-refractivity contribution in [2.75, 3.05) is 11.9 Å². The second-order valence-electron chi connectivity index (χ2n) is 6.72. The van der Waals surface area contributed by atoms with Crippen molar-refractivity contribution in [2.45, 2.75) is 44.1 Å². The molecule has 3 N–H and O–H groups in total. The van der Waals surface area contributed by atoms with Crippen molar-refractivity contribution in [3.63, 3.8) is 0 Å². The Morgan fingerprint density at radius 3 is 2.56 bits per heavy atom. The van der Waals surface area contributed by atoms with Crippen molar-refractivity contribution in [1.29, 1.82) is 0 Å². The van der Waals surface area contributed by atoms with E-state index in [2.05, 4.69) is 10.6 Å². The van der Waals surface area contributed by atoms with Gasteiger partial charge in [-0.1, -0.05) is 18.9 Å². The van der Waals surface area contributed by atoms with E-state index in [9.17, 15) is 19.5 Å². The van der Waals surface area contributed by atoms with Gasteiger partial charge in [-0.15, -0.1) is 0 Å². The fourth-order valence-corrected chi connectivity index (χ4v) is 3.08. The van der Waals surface area contributed by atoms with Crippen LogP contribution in [0.1, 0.15) is 38.5 Å². The number of ether oxygens (including phenoxy) is 1. The van der Waals surface area contributed by atoms with Crippen molar-refractivity contribution in [2.24, 2.45) is 5.92 Å². The van der Waals surface area contributed by atoms with Gasteiger partial charge in [0.25, 0.3) is 5.91 Å². The van der Waals surface area contributed by atoms with Crippen LogP contribution in [0.25, 0.3) is 0 Å². The number of amides is 2. The summed E-state index contributed by atoms with van der Waals surface area (Å²) < 4.78 is 5.44. The lowest BCUT2D eigenvalue weighted by molar-refractivity contribution is -0.147. The van der Waals surface area contributed by atoms with Gasteiger partial charge in [0.2, 0.25) is 5.91 Å². The molecule has 0 saturated heterocycles. The molecule has 0 spiro atoms. The quantitative estimate of drug-likeness (QED) is 0.700. The Bertz CT molecular complexity index is 678. The maximum absolute atomic E-state index is 12.1. The fourth-order valence-electron chi connectivity index (χ4n) is 3.08. The molecule has 0 aliphatic heterocycles. The van der Waals surface area contributed by atoms with E-state index in [4.69, 9.17) is 4.74 Å². The number of hydrogen-bond acceptors (Lipinski definition) is 4. The Labute approximate surface area is 145 Å². The van der Waals surface area contributed by atoms with Gasteiger partial charge in [-0.05, 0) is 37.8 Å². The molecular formula is C18H22N2O5. The Hall–Kier alpha value is -2.57. The van der Waals surface area contributed by atoms with Crippen LogP contribution >= 0.6 is 0 Å². The molecule has 2 fully saturated rings. The predicted octanol–water partition coefficient (Wildman–Crippen LogP) is 1.93. The third-order valence-electron chi connectivity index (χ3n) is 4.66. The highest BCUT2D eigenvalue weighted by molar-refractivity contribution is 5.94.